The highest BCUT2D eigenvalue weighted by atomic mass is 15.3. The minimum Gasteiger partial charge on any atom is -0.309 e. The van der Waals surface area contributed by atoms with Crippen molar-refractivity contribution in [2.45, 2.75) is 18.9 Å². The molecule has 1 aliphatic rings. The Kier molecular flexibility index (Phi) is 2.07. The van der Waals surface area contributed by atoms with Crippen molar-refractivity contribution >= 4 is 5.82 Å². The molecule has 0 saturated heterocycles. The minimum atomic E-state index is 0.543. The molecule has 6 heteroatoms. The quantitative estimate of drug-likeness (QED) is 0.590. The summed E-state index contributed by atoms with van der Waals surface area (Å²) in [5, 5.41) is 8.04. The lowest BCUT2D eigenvalue weighted by atomic mass is 10.3. The average molecular weight is 216 g/mol. The van der Waals surface area contributed by atoms with Gasteiger partial charge in [-0.1, -0.05) is 6.07 Å². The average Bonchev–Trinajstić information content (AvgIpc) is 3.07. The summed E-state index contributed by atoms with van der Waals surface area (Å²) in [7, 11) is 0. The zero-order valence-electron chi connectivity index (χ0n) is 8.67. The van der Waals surface area contributed by atoms with Crippen molar-refractivity contribution in [2.75, 3.05) is 5.43 Å². The number of hydrogen-bond acceptors (Lipinski definition) is 5. The van der Waals surface area contributed by atoms with Crippen molar-refractivity contribution in [1.82, 2.24) is 19.7 Å². The molecule has 6 nitrogen and oxygen atoms in total. The van der Waals surface area contributed by atoms with E-state index in [0.717, 1.165) is 11.5 Å². The van der Waals surface area contributed by atoms with Crippen LogP contribution in [-0.4, -0.2) is 19.7 Å². The summed E-state index contributed by atoms with van der Waals surface area (Å²) in [4.78, 5) is 4.35. The number of nitrogen functional groups attached to an aromatic ring is 1. The first-order chi connectivity index (χ1) is 7.88. The summed E-state index contributed by atoms with van der Waals surface area (Å²) < 4.78 is 2.07. The number of hydrogen-bond donors (Lipinski definition) is 2. The van der Waals surface area contributed by atoms with Gasteiger partial charge in [-0.05, 0) is 25.0 Å². The normalized spacial score (nSPS) is 15.1. The van der Waals surface area contributed by atoms with E-state index < -0.39 is 0 Å². The molecule has 0 bridgehead atoms. The number of nitrogens with two attached hydrogens (primary N) is 1. The highest BCUT2D eigenvalue weighted by Crippen LogP contribution is 2.37. The first-order valence-electron chi connectivity index (χ1n) is 5.22. The van der Waals surface area contributed by atoms with Gasteiger partial charge in [0.1, 0.15) is 17.8 Å². The van der Waals surface area contributed by atoms with E-state index in [2.05, 4.69) is 25.2 Å². The fourth-order valence-corrected chi connectivity index (χ4v) is 1.69. The Morgan fingerprint density at radius 1 is 1.38 bits per heavy atom. The predicted octanol–water partition coefficient (Wildman–Crippen LogP) is 0.961. The van der Waals surface area contributed by atoms with E-state index in [4.69, 9.17) is 5.84 Å². The van der Waals surface area contributed by atoms with E-state index in [1.165, 1.54) is 12.8 Å². The third-order valence-electron chi connectivity index (χ3n) is 2.64. The maximum atomic E-state index is 5.33. The molecule has 82 valence electrons. The van der Waals surface area contributed by atoms with E-state index in [1.54, 1.807) is 12.4 Å². The zero-order valence-corrected chi connectivity index (χ0v) is 8.67. The molecular weight excluding hydrogens is 204 g/mol. The van der Waals surface area contributed by atoms with Crippen LogP contribution in [0.2, 0.25) is 0 Å². The molecule has 1 fully saturated rings. The summed E-state index contributed by atoms with van der Waals surface area (Å²) >= 11 is 0. The monoisotopic (exact) mass is 216 g/mol. The highest BCUT2D eigenvalue weighted by Gasteiger charge is 2.26. The van der Waals surface area contributed by atoms with Crippen LogP contribution in [0.4, 0.5) is 5.82 Å². The molecule has 0 unspecified atom stereocenters. The van der Waals surface area contributed by atoms with Gasteiger partial charge < -0.3 is 9.99 Å². The van der Waals surface area contributed by atoms with Gasteiger partial charge in [0.05, 0.1) is 0 Å². The topological polar surface area (TPSA) is 81.6 Å². The first-order valence-corrected chi connectivity index (χ1v) is 5.22. The molecule has 1 aliphatic carbocycles. The summed E-state index contributed by atoms with van der Waals surface area (Å²) in [6.45, 7) is 0. The van der Waals surface area contributed by atoms with Crippen molar-refractivity contribution < 1.29 is 0 Å². The summed E-state index contributed by atoms with van der Waals surface area (Å²) in [6, 6.07) is 6.15. The van der Waals surface area contributed by atoms with Gasteiger partial charge in [0.25, 0.3) is 0 Å². The molecule has 2 heterocycles. The number of hydrazine groups is 1. The molecule has 0 radical (unpaired) electrons. The maximum absolute atomic E-state index is 5.33. The van der Waals surface area contributed by atoms with Crippen LogP contribution in [0.5, 0.6) is 0 Å². The first kappa shape index (κ1) is 9.29. The largest absolute Gasteiger partial charge is 0.309 e. The molecule has 0 spiro atoms. The van der Waals surface area contributed by atoms with Gasteiger partial charge >= 0.3 is 0 Å². The third-order valence-corrected chi connectivity index (χ3v) is 2.64. The van der Waals surface area contributed by atoms with Gasteiger partial charge in [-0.15, -0.1) is 10.2 Å². The SMILES string of the molecule is NNc1cccc(-c2nncn2C2CC2)n1. The van der Waals surface area contributed by atoms with Gasteiger partial charge in [-0.25, -0.2) is 10.8 Å². The molecule has 2 aromatic heterocycles. The van der Waals surface area contributed by atoms with E-state index in [-0.39, 0.29) is 0 Å². The Morgan fingerprint density at radius 3 is 3.00 bits per heavy atom. The summed E-state index contributed by atoms with van der Waals surface area (Å²) in [5.74, 6) is 6.76. The number of rotatable bonds is 3. The maximum Gasteiger partial charge on any atom is 0.182 e. The predicted molar refractivity (Wildman–Crippen MR) is 59.3 cm³/mol. The zero-order chi connectivity index (χ0) is 11.0. The number of nitrogens with one attached hydrogen (secondary N) is 1. The van der Waals surface area contributed by atoms with Crippen LogP contribution in [0.15, 0.2) is 24.5 Å². The lowest BCUT2D eigenvalue weighted by molar-refractivity contribution is 0.744. The molecule has 3 rings (SSSR count). The van der Waals surface area contributed by atoms with Gasteiger partial charge in [-0.3, -0.25) is 0 Å². The van der Waals surface area contributed by atoms with E-state index in [0.29, 0.717) is 11.9 Å². The fraction of sp³-hybridized carbons (Fsp3) is 0.300. The fourth-order valence-electron chi connectivity index (χ4n) is 1.69. The van der Waals surface area contributed by atoms with E-state index in [9.17, 15) is 0 Å². The van der Waals surface area contributed by atoms with Crippen molar-refractivity contribution in [3.05, 3.63) is 24.5 Å². The van der Waals surface area contributed by atoms with Crippen LogP contribution < -0.4 is 11.3 Å². The molecule has 0 aliphatic heterocycles. The smallest absolute Gasteiger partial charge is 0.182 e. The lowest BCUT2D eigenvalue weighted by Gasteiger charge is -2.05. The minimum absolute atomic E-state index is 0.543. The number of pyridine rings is 1. The van der Waals surface area contributed by atoms with Gasteiger partial charge in [0, 0.05) is 6.04 Å². The van der Waals surface area contributed by atoms with Crippen LogP contribution >= 0.6 is 0 Å². The Balaban J connectivity index is 2.03. The Morgan fingerprint density at radius 2 is 2.25 bits per heavy atom. The van der Waals surface area contributed by atoms with Crippen molar-refractivity contribution in [2.24, 2.45) is 5.84 Å². The van der Waals surface area contributed by atoms with E-state index in [1.807, 2.05) is 12.1 Å². The van der Waals surface area contributed by atoms with Crippen LogP contribution in [0, 0.1) is 0 Å². The van der Waals surface area contributed by atoms with Gasteiger partial charge in [0.2, 0.25) is 0 Å². The Hall–Kier alpha value is -1.95. The van der Waals surface area contributed by atoms with Crippen molar-refractivity contribution in [1.29, 1.82) is 0 Å². The number of aromatic nitrogens is 4. The molecule has 0 aromatic carbocycles. The summed E-state index contributed by atoms with van der Waals surface area (Å²) in [6.07, 6.45) is 4.15. The Labute approximate surface area is 92.5 Å². The van der Waals surface area contributed by atoms with Gasteiger partial charge in [-0.2, -0.15) is 0 Å². The molecule has 1 saturated carbocycles. The Bertz CT molecular complexity index is 502. The number of anilines is 1. The van der Waals surface area contributed by atoms with Crippen LogP contribution in [0.25, 0.3) is 11.5 Å². The second-order valence-corrected chi connectivity index (χ2v) is 3.85. The molecule has 3 N–H and O–H groups in total. The van der Waals surface area contributed by atoms with Crippen molar-refractivity contribution in [3.63, 3.8) is 0 Å². The van der Waals surface area contributed by atoms with Crippen LogP contribution in [0.3, 0.4) is 0 Å². The molecule has 16 heavy (non-hydrogen) atoms. The molecular formula is C10H12N6. The van der Waals surface area contributed by atoms with E-state index >= 15 is 0 Å². The lowest BCUT2D eigenvalue weighted by Crippen LogP contribution is -2.09. The molecule has 0 amide bonds. The second kappa shape index (κ2) is 3.57. The third kappa shape index (κ3) is 1.53. The molecule has 2 aromatic rings. The van der Waals surface area contributed by atoms with Crippen molar-refractivity contribution in [3.8, 4) is 11.5 Å². The second-order valence-electron chi connectivity index (χ2n) is 3.85. The standard InChI is InChI=1S/C10H12N6/c11-14-9-3-1-2-8(13-9)10-15-12-6-16(10)7-4-5-7/h1-3,6-7H,4-5,11H2,(H,13,14). The van der Waals surface area contributed by atoms with Crippen LogP contribution in [-0.2, 0) is 0 Å². The van der Waals surface area contributed by atoms with Gasteiger partial charge in [0.15, 0.2) is 5.82 Å². The van der Waals surface area contributed by atoms with Crippen LogP contribution in [0.1, 0.15) is 18.9 Å². The summed E-state index contributed by atoms with van der Waals surface area (Å²) in [5.41, 5.74) is 3.32. The molecule has 0 atom stereocenters. The number of nitrogens with zero attached hydrogens (tertiary/aromatic N) is 4. The highest BCUT2D eigenvalue weighted by molar-refractivity contribution is 5.53.